The number of aryl methyl sites for hydroxylation is 3. The first-order valence-corrected chi connectivity index (χ1v) is 8.37. The topological polar surface area (TPSA) is 77.2 Å². The summed E-state index contributed by atoms with van der Waals surface area (Å²) in [7, 11) is 0. The van der Waals surface area contributed by atoms with Gasteiger partial charge < -0.3 is 14.6 Å². The van der Waals surface area contributed by atoms with Crippen molar-refractivity contribution in [2.75, 3.05) is 6.61 Å². The van der Waals surface area contributed by atoms with Crippen LogP contribution in [-0.4, -0.2) is 22.7 Å². The molecule has 2 aromatic carbocycles. The molecule has 0 unspecified atom stereocenters. The van der Waals surface area contributed by atoms with Crippen LogP contribution in [0.4, 0.5) is 0 Å². The van der Waals surface area contributed by atoms with Crippen molar-refractivity contribution in [2.24, 2.45) is 0 Å². The first-order valence-electron chi connectivity index (χ1n) is 8.37. The lowest BCUT2D eigenvalue weighted by Crippen LogP contribution is -2.28. The van der Waals surface area contributed by atoms with Gasteiger partial charge in [-0.3, -0.25) is 4.79 Å². The normalized spacial score (nSPS) is 10.6. The summed E-state index contributed by atoms with van der Waals surface area (Å²) in [6.45, 7) is 6.02. The third kappa shape index (κ3) is 4.47. The SMILES string of the molecule is Cc1cccc(-c2noc(CNC(=O)COc3cc(C)ccc3C)n2)c1. The number of amides is 1. The van der Waals surface area contributed by atoms with Gasteiger partial charge in [0.2, 0.25) is 11.7 Å². The van der Waals surface area contributed by atoms with Gasteiger partial charge in [-0.1, -0.05) is 41.1 Å². The molecular weight excluding hydrogens is 330 g/mol. The van der Waals surface area contributed by atoms with Crippen molar-refractivity contribution in [1.29, 1.82) is 0 Å². The van der Waals surface area contributed by atoms with E-state index in [0.717, 1.165) is 22.3 Å². The molecule has 0 aliphatic carbocycles. The maximum absolute atomic E-state index is 12.0. The van der Waals surface area contributed by atoms with Crippen LogP contribution in [-0.2, 0) is 11.3 Å². The third-order valence-corrected chi connectivity index (χ3v) is 3.88. The fourth-order valence-corrected chi connectivity index (χ4v) is 2.46. The van der Waals surface area contributed by atoms with Crippen LogP contribution < -0.4 is 10.1 Å². The van der Waals surface area contributed by atoms with Crippen molar-refractivity contribution >= 4 is 5.91 Å². The molecule has 6 heteroatoms. The molecule has 6 nitrogen and oxygen atoms in total. The summed E-state index contributed by atoms with van der Waals surface area (Å²) in [5.74, 6) is 1.31. The highest BCUT2D eigenvalue weighted by molar-refractivity contribution is 5.77. The van der Waals surface area contributed by atoms with Crippen molar-refractivity contribution in [3.63, 3.8) is 0 Å². The summed E-state index contributed by atoms with van der Waals surface area (Å²) in [4.78, 5) is 16.3. The summed E-state index contributed by atoms with van der Waals surface area (Å²) < 4.78 is 10.8. The van der Waals surface area contributed by atoms with E-state index in [2.05, 4.69) is 15.5 Å². The van der Waals surface area contributed by atoms with E-state index in [1.54, 1.807) is 0 Å². The molecule has 0 bridgehead atoms. The number of carbonyl (C=O) groups is 1. The largest absolute Gasteiger partial charge is 0.483 e. The van der Waals surface area contributed by atoms with Crippen LogP contribution in [0.5, 0.6) is 5.75 Å². The third-order valence-electron chi connectivity index (χ3n) is 3.88. The van der Waals surface area contributed by atoms with Gasteiger partial charge in [0.05, 0.1) is 6.54 Å². The Labute approximate surface area is 152 Å². The van der Waals surface area contributed by atoms with E-state index in [0.29, 0.717) is 17.5 Å². The first-order chi connectivity index (χ1) is 12.5. The highest BCUT2D eigenvalue weighted by Crippen LogP contribution is 2.19. The van der Waals surface area contributed by atoms with Gasteiger partial charge in [-0.05, 0) is 44.0 Å². The Morgan fingerprint density at radius 2 is 1.92 bits per heavy atom. The lowest BCUT2D eigenvalue weighted by molar-refractivity contribution is -0.123. The van der Waals surface area contributed by atoms with Gasteiger partial charge in [0, 0.05) is 5.56 Å². The quantitative estimate of drug-likeness (QED) is 0.737. The number of ether oxygens (including phenoxy) is 1. The smallest absolute Gasteiger partial charge is 0.258 e. The molecule has 1 N–H and O–H groups in total. The van der Waals surface area contributed by atoms with Gasteiger partial charge in [-0.2, -0.15) is 4.98 Å². The maximum Gasteiger partial charge on any atom is 0.258 e. The fourth-order valence-electron chi connectivity index (χ4n) is 2.46. The number of rotatable bonds is 6. The summed E-state index contributed by atoms with van der Waals surface area (Å²) >= 11 is 0. The van der Waals surface area contributed by atoms with Crippen LogP contribution >= 0.6 is 0 Å². The zero-order valence-electron chi connectivity index (χ0n) is 15.1. The average molecular weight is 351 g/mol. The number of nitrogens with one attached hydrogen (secondary N) is 1. The maximum atomic E-state index is 12.0. The highest BCUT2D eigenvalue weighted by atomic mass is 16.5. The Hall–Kier alpha value is -3.15. The molecule has 0 aliphatic rings. The van der Waals surface area contributed by atoms with Crippen LogP contribution in [0.1, 0.15) is 22.6 Å². The van der Waals surface area contributed by atoms with Gasteiger partial charge in [0.15, 0.2) is 6.61 Å². The Morgan fingerprint density at radius 3 is 2.73 bits per heavy atom. The van der Waals surface area contributed by atoms with Crippen molar-refractivity contribution in [1.82, 2.24) is 15.5 Å². The van der Waals surface area contributed by atoms with Gasteiger partial charge in [-0.15, -0.1) is 0 Å². The van der Waals surface area contributed by atoms with Gasteiger partial charge >= 0.3 is 0 Å². The minimum absolute atomic E-state index is 0.0663. The minimum Gasteiger partial charge on any atom is -0.483 e. The number of aromatic nitrogens is 2. The summed E-state index contributed by atoms with van der Waals surface area (Å²) in [6.07, 6.45) is 0. The van der Waals surface area contributed by atoms with Gasteiger partial charge in [0.1, 0.15) is 5.75 Å². The molecule has 134 valence electrons. The van der Waals surface area contributed by atoms with Crippen LogP contribution in [0.3, 0.4) is 0 Å². The predicted molar refractivity (Wildman–Crippen MR) is 97.7 cm³/mol. The molecule has 0 aliphatic heterocycles. The van der Waals surface area contributed by atoms with Gasteiger partial charge in [-0.25, -0.2) is 0 Å². The minimum atomic E-state index is -0.249. The van der Waals surface area contributed by atoms with Crippen molar-refractivity contribution in [2.45, 2.75) is 27.3 Å². The van der Waals surface area contributed by atoms with Crippen LogP contribution in [0, 0.1) is 20.8 Å². The molecule has 0 spiro atoms. The molecule has 0 fully saturated rings. The second kappa shape index (κ2) is 7.82. The molecule has 3 aromatic rings. The predicted octanol–water partition coefficient (Wildman–Crippen LogP) is 3.36. The molecular formula is C20H21N3O3. The Bertz CT molecular complexity index is 918. The molecule has 0 radical (unpaired) electrons. The molecule has 0 saturated heterocycles. The van der Waals surface area contributed by atoms with Crippen molar-refractivity contribution in [3.05, 3.63) is 65.0 Å². The van der Waals surface area contributed by atoms with E-state index in [-0.39, 0.29) is 19.1 Å². The van der Waals surface area contributed by atoms with Crippen LogP contribution in [0.15, 0.2) is 47.0 Å². The van der Waals surface area contributed by atoms with E-state index >= 15 is 0 Å². The Balaban J connectivity index is 1.53. The molecule has 26 heavy (non-hydrogen) atoms. The second-order valence-corrected chi connectivity index (χ2v) is 6.22. The van der Waals surface area contributed by atoms with Crippen LogP contribution in [0.2, 0.25) is 0 Å². The first kappa shape index (κ1) is 17.7. The molecule has 1 heterocycles. The highest BCUT2D eigenvalue weighted by Gasteiger charge is 2.11. The monoisotopic (exact) mass is 351 g/mol. The average Bonchev–Trinajstić information content (AvgIpc) is 3.10. The molecule has 1 aromatic heterocycles. The Kier molecular flexibility index (Phi) is 5.31. The van der Waals surface area contributed by atoms with Crippen molar-refractivity contribution in [3.8, 4) is 17.1 Å². The molecule has 0 atom stereocenters. The van der Waals surface area contributed by atoms with E-state index in [1.165, 1.54) is 0 Å². The van der Waals surface area contributed by atoms with E-state index in [4.69, 9.17) is 9.26 Å². The van der Waals surface area contributed by atoms with E-state index in [1.807, 2.05) is 63.2 Å². The summed E-state index contributed by atoms with van der Waals surface area (Å²) in [5, 5.41) is 6.67. The zero-order valence-corrected chi connectivity index (χ0v) is 15.1. The summed E-state index contributed by atoms with van der Waals surface area (Å²) in [5.41, 5.74) is 4.07. The molecule has 0 saturated carbocycles. The number of carbonyl (C=O) groups excluding carboxylic acids is 1. The lowest BCUT2D eigenvalue weighted by atomic mass is 10.1. The lowest BCUT2D eigenvalue weighted by Gasteiger charge is -2.09. The van der Waals surface area contributed by atoms with E-state index < -0.39 is 0 Å². The number of hydrogen-bond donors (Lipinski definition) is 1. The fraction of sp³-hybridized carbons (Fsp3) is 0.250. The van der Waals surface area contributed by atoms with Gasteiger partial charge in [0.25, 0.3) is 5.91 Å². The number of benzene rings is 2. The molecule has 3 rings (SSSR count). The van der Waals surface area contributed by atoms with Crippen molar-refractivity contribution < 1.29 is 14.1 Å². The number of nitrogens with zero attached hydrogens (tertiary/aromatic N) is 2. The summed E-state index contributed by atoms with van der Waals surface area (Å²) in [6, 6.07) is 13.7. The molecule has 1 amide bonds. The number of hydrogen-bond acceptors (Lipinski definition) is 5. The zero-order chi connectivity index (χ0) is 18.5. The van der Waals surface area contributed by atoms with E-state index in [9.17, 15) is 4.79 Å². The Morgan fingerprint density at radius 1 is 1.12 bits per heavy atom. The van der Waals surface area contributed by atoms with Crippen LogP contribution in [0.25, 0.3) is 11.4 Å². The second-order valence-electron chi connectivity index (χ2n) is 6.22. The standard InChI is InChI=1S/C20H21N3O3/c1-13-5-4-6-16(9-13)20-22-19(26-23-20)11-21-18(24)12-25-17-10-14(2)7-8-15(17)3/h4-10H,11-12H2,1-3H3,(H,21,24).